The second kappa shape index (κ2) is 8.57. The minimum absolute atomic E-state index is 0.117. The summed E-state index contributed by atoms with van der Waals surface area (Å²) in [6, 6.07) is 12.7. The lowest BCUT2D eigenvalue weighted by Crippen LogP contribution is -2.32. The van der Waals surface area contributed by atoms with Crippen molar-refractivity contribution in [1.29, 1.82) is 0 Å². The van der Waals surface area contributed by atoms with Crippen LogP contribution in [0.3, 0.4) is 0 Å². The third-order valence-electron chi connectivity index (χ3n) is 4.75. The number of pyridine rings is 1. The van der Waals surface area contributed by atoms with E-state index in [-0.39, 0.29) is 18.6 Å². The maximum atomic E-state index is 12.5. The number of benzene rings is 2. The van der Waals surface area contributed by atoms with Gasteiger partial charge in [-0.1, -0.05) is 24.6 Å². The topological polar surface area (TPSA) is 69.7 Å². The molecule has 6 nitrogen and oxygen atoms in total. The number of halogens is 1. The first-order valence-corrected chi connectivity index (χ1v) is 9.88. The zero-order valence-electron chi connectivity index (χ0n) is 16.0. The van der Waals surface area contributed by atoms with E-state index in [2.05, 4.69) is 10.3 Å². The molecule has 3 aromatic rings. The molecular formula is C22H21ClN2O4. The molecule has 1 aliphatic heterocycles. The van der Waals surface area contributed by atoms with Gasteiger partial charge in [0.25, 0.3) is 5.91 Å². The first-order chi connectivity index (χ1) is 14.2. The molecule has 150 valence electrons. The molecule has 1 aliphatic rings. The van der Waals surface area contributed by atoms with Crippen LogP contribution in [0.5, 0.6) is 17.2 Å². The number of hydrogen-bond donors (Lipinski definition) is 1. The summed E-state index contributed by atoms with van der Waals surface area (Å²) in [4.78, 5) is 16.8. The molecular weight excluding hydrogens is 392 g/mol. The van der Waals surface area contributed by atoms with Gasteiger partial charge >= 0.3 is 0 Å². The van der Waals surface area contributed by atoms with Crippen LogP contribution in [-0.4, -0.2) is 30.7 Å². The molecule has 0 fully saturated rings. The van der Waals surface area contributed by atoms with E-state index in [1.165, 1.54) is 0 Å². The van der Waals surface area contributed by atoms with E-state index in [1.807, 2.05) is 37.3 Å². The number of aromatic nitrogens is 1. The van der Waals surface area contributed by atoms with Crippen LogP contribution >= 0.6 is 11.6 Å². The number of fused-ring (bicyclic) bond motifs is 2. The SMILES string of the molecule is CCC(NC(=O)COc1ccc(Cl)c2cccnc12)c1ccc2c(c1)OCCO2. The molecule has 1 aromatic heterocycles. The summed E-state index contributed by atoms with van der Waals surface area (Å²) in [5, 5.41) is 4.39. The molecule has 29 heavy (non-hydrogen) atoms. The van der Waals surface area contributed by atoms with Crippen molar-refractivity contribution in [3.63, 3.8) is 0 Å². The fourth-order valence-corrected chi connectivity index (χ4v) is 3.52. The minimum Gasteiger partial charge on any atom is -0.486 e. The highest BCUT2D eigenvalue weighted by atomic mass is 35.5. The molecule has 1 atom stereocenters. The van der Waals surface area contributed by atoms with Crippen LogP contribution in [0.1, 0.15) is 24.9 Å². The summed E-state index contributed by atoms with van der Waals surface area (Å²) < 4.78 is 16.9. The van der Waals surface area contributed by atoms with E-state index in [0.29, 0.717) is 35.3 Å². The Morgan fingerprint density at radius 1 is 1.21 bits per heavy atom. The van der Waals surface area contributed by atoms with Gasteiger partial charge in [-0.25, -0.2) is 0 Å². The number of amides is 1. The molecule has 2 aromatic carbocycles. The monoisotopic (exact) mass is 412 g/mol. The van der Waals surface area contributed by atoms with Crippen LogP contribution in [0.15, 0.2) is 48.7 Å². The van der Waals surface area contributed by atoms with Gasteiger partial charge in [-0.15, -0.1) is 0 Å². The summed E-state index contributed by atoms with van der Waals surface area (Å²) in [7, 11) is 0. The Hall–Kier alpha value is -2.99. The molecule has 1 amide bonds. The maximum absolute atomic E-state index is 12.5. The maximum Gasteiger partial charge on any atom is 0.258 e. The highest BCUT2D eigenvalue weighted by Crippen LogP contribution is 2.33. The Morgan fingerprint density at radius 2 is 2.03 bits per heavy atom. The van der Waals surface area contributed by atoms with Crippen LogP contribution in [0.25, 0.3) is 10.9 Å². The van der Waals surface area contributed by atoms with Crippen molar-refractivity contribution in [2.24, 2.45) is 0 Å². The van der Waals surface area contributed by atoms with Crippen LogP contribution in [-0.2, 0) is 4.79 Å². The van der Waals surface area contributed by atoms with Crippen molar-refractivity contribution in [1.82, 2.24) is 10.3 Å². The van der Waals surface area contributed by atoms with Gasteiger partial charge in [0.15, 0.2) is 18.1 Å². The van der Waals surface area contributed by atoms with E-state index in [1.54, 1.807) is 18.3 Å². The fraction of sp³-hybridized carbons (Fsp3) is 0.273. The van der Waals surface area contributed by atoms with Crippen molar-refractivity contribution in [2.75, 3.05) is 19.8 Å². The third kappa shape index (κ3) is 4.22. The van der Waals surface area contributed by atoms with Gasteiger partial charge in [-0.3, -0.25) is 9.78 Å². The summed E-state index contributed by atoms with van der Waals surface area (Å²) in [6.07, 6.45) is 2.40. The Kier molecular flexibility index (Phi) is 5.71. The molecule has 4 rings (SSSR count). The lowest BCUT2D eigenvalue weighted by atomic mass is 10.0. The summed E-state index contributed by atoms with van der Waals surface area (Å²) in [5.41, 5.74) is 1.59. The number of carbonyl (C=O) groups is 1. The van der Waals surface area contributed by atoms with Gasteiger partial charge in [0, 0.05) is 11.6 Å². The molecule has 0 bridgehead atoms. The predicted octanol–water partition coefficient (Wildman–Crippen LogP) is 4.31. The Bertz CT molecular complexity index is 1040. The van der Waals surface area contributed by atoms with Gasteiger partial charge in [-0.05, 0) is 48.4 Å². The average Bonchev–Trinajstić information content (AvgIpc) is 2.77. The highest BCUT2D eigenvalue weighted by Gasteiger charge is 2.18. The number of nitrogens with one attached hydrogen (secondary N) is 1. The molecule has 0 aliphatic carbocycles. The van der Waals surface area contributed by atoms with Crippen LogP contribution in [0, 0.1) is 0 Å². The Labute approximate surface area is 173 Å². The Morgan fingerprint density at radius 3 is 2.86 bits per heavy atom. The van der Waals surface area contributed by atoms with Crippen molar-refractivity contribution in [3.8, 4) is 17.2 Å². The van der Waals surface area contributed by atoms with Crippen LogP contribution in [0.2, 0.25) is 5.02 Å². The average molecular weight is 413 g/mol. The first kappa shape index (κ1) is 19.3. The Balaban J connectivity index is 1.43. The summed E-state index contributed by atoms with van der Waals surface area (Å²) >= 11 is 6.20. The number of rotatable bonds is 6. The molecule has 0 radical (unpaired) electrons. The van der Waals surface area contributed by atoms with Crippen molar-refractivity contribution < 1.29 is 19.0 Å². The molecule has 0 saturated heterocycles. The predicted molar refractivity (Wildman–Crippen MR) is 111 cm³/mol. The second-order valence-corrected chi connectivity index (χ2v) is 7.07. The fourth-order valence-electron chi connectivity index (χ4n) is 3.31. The molecule has 0 spiro atoms. The van der Waals surface area contributed by atoms with Gasteiger partial charge < -0.3 is 19.5 Å². The lowest BCUT2D eigenvalue weighted by Gasteiger charge is -2.22. The second-order valence-electron chi connectivity index (χ2n) is 6.67. The van der Waals surface area contributed by atoms with Crippen molar-refractivity contribution in [3.05, 3.63) is 59.2 Å². The van der Waals surface area contributed by atoms with Crippen LogP contribution < -0.4 is 19.5 Å². The largest absolute Gasteiger partial charge is 0.486 e. The zero-order chi connectivity index (χ0) is 20.2. The number of carbonyl (C=O) groups excluding carboxylic acids is 1. The molecule has 0 saturated carbocycles. The first-order valence-electron chi connectivity index (χ1n) is 9.50. The van der Waals surface area contributed by atoms with Crippen molar-refractivity contribution in [2.45, 2.75) is 19.4 Å². The van der Waals surface area contributed by atoms with Gasteiger partial charge in [0.1, 0.15) is 24.5 Å². The van der Waals surface area contributed by atoms with Gasteiger partial charge in [-0.2, -0.15) is 0 Å². The third-order valence-corrected chi connectivity index (χ3v) is 5.08. The van der Waals surface area contributed by atoms with E-state index >= 15 is 0 Å². The molecule has 1 unspecified atom stereocenters. The molecule has 7 heteroatoms. The number of nitrogens with zero attached hydrogens (tertiary/aromatic N) is 1. The number of ether oxygens (including phenoxy) is 3. The lowest BCUT2D eigenvalue weighted by molar-refractivity contribution is -0.123. The van der Waals surface area contributed by atoms with E-state index in [0.717, 1.165) is 23.1 Å². The molecule has 1 N–H and O–H groups in total. The molecule has 2 heterocycles. The van der Waals surface area contributed by atoms with E-state index in [9.17, 15) is 4.79 Å². The smallest absolute Gasteiger partial charge is 0.258 e. The normalized spacial score (nSPS) is 13.7. The van der Waals surface area contributed by atoms with E-state index < -0.39 is 0 Å². The van der Waals surface area contributed by atoms with Gasteiger partial charge in [0.2, 0.25) is 0 Å². The standard InChI is InChI=1S/C22H21ClN2O4/c1-2-17(14-5-7-18-20(12-14)28-11-10-27-18)25-21(26)13-29-19-8-6-16(23)15-4-3-9-24-22(15)19/h3-9,12,17H,2,10-11,13H2,1H3,(H,25,26). The van der Waals surface area contributed by atoms with E-state index in [4.69, 9.17) is 25.8 Å². The minimum atomic E-state index is -0.217. The van der Waals surface area contributed by atoms with Gasteiger partial charge in [0.05, 0.1) is 11.1 Å². The van der Waals surface area contributed by atoms with Crippen LogP contribution in [0.4, 0.5) is 0 Å². The summed E-state index contributed by atoms with van der Waals surface area (Å²) in [6.45, 7) is 2.97. The van der Waals surface area contributed by atoms with Crippen molar-refractivity contribution >= 4 is 28.4 Å². The number of hydrogen-bond acceptors (Lipinski definition) is 5. The summed E-state index contributed by atoms with van der Waals surface area (Å²) in [5.74, 6) is 1.74. The highest BCUT2D eigenvalue weighted by molar-refractivity contribution is 6.35. The zero-order valence-corrected chi connectivity index (χ0v) is 16.7. The quantitative estimate of drug-likeness (QED) is 0.653.